The lowest BCUT2D eigenvalue weighted by molar-refractivity contribution is 0.102. The molecule has 0 aliphatic heterocycles. The maximum atomic E-state index is 13.2. The highest BCUT2D eigenvalue weighted by atomic mass is 19.1. The van der Waals surface area contributed by atoms with Crippen LogP contribution in [0.15, 0.2) is 36.4 Å². The summed E-state index contributed by atoms with van der Waals surface area (Å²) in [4.78, 5) is 12.0. The molecule has 0 aliphatic carbocycles. The Morgan fingerprint density at radius 2 is 2.05 bits per heavy atom. The van der Waals surface area contributed by atoms with Gasteiger partial charge in [-0.25, -0.2) is 4.39 Å². The van der Waals surface area contributed by atoms with Gasteiger partial charge in [-0.2, -0.15) is 0 Å². The van der Waals surface area contributed by atoms with Crippen molar-refractivity contribution in [3.63, 3.8) is 0 Å². The average Bonchev–Trinajstić information content (AvgIpc) is 2.43. The van der Waals surface area contributed by atoms with Crippen LogP contribution >= 0.6 is 0 Å². The van der Waals surface area contributed by atoms with Crippen LogP contribution in [0.2, 0.25) is 0 Å². The normalized spacial score (nSPS) is 10.1. The molecule has 2 aromatic rings. The quantitative estimate of drug-likeness (QED) is 0.593. The van der Waals surface area contributed by atoms with Gasteiger partial charge in [0.1, 0.15) is 5.75 Å². The molecule has 0 bridgehead atoms. The van der Waals surface area contributed by atoms with Crippen LogP contribution in [0.3, 0.4) is 0 Å². The number of amides is 1. The SMILES string of the molecule is COc1cc(NC(=O)c2ccc(N)c(O)c2)ccc1F. The number of carbonyl (C=O) groups excluding carboxylic acids is 1. The number of benzene rings is 2. The Kier molecular flexibility index (Phi) is 3.74. The number of carbonyl (C=O) groups is 1. The molecule has 0 aromatic heterocycles. The number of hydrogen-bond acceptors (Lipinski definition) is 4. The molecule has 20 heavy (non-hydrogen) atoms. The molecule has 0 atom stereocenters. The van der Waals surface area contributed by atoms with Crippen LogP contribution in [0.25, 0.3) is 0 Å². The van der Waals surface area contributed by atoms with Crippen molar-refractivity contribution in [3.8, 4) is 11.5 Å². The molecule has 5 nitrogen and oxygen atoms in total. The molecule has 0 radical (unpaired) electrons. The number of aromatic hydroxyl groups is 1. The number of nitrogen functional groups attached to an aromatic ring is 1. The number of phenolic OH excluding ortho intramolecular Hbond substituents is 1. The topological polar surface area (TPSA) is 84.6 Å². The van der Waals surface area contributed by atoms with E-state index in [1.165, 1.54) is 43.5 Å². The molecule has 0 unspecified atom stereocenters. The minimum absolute atomic E-state index is 0.0305. The van der Waals surface area contributed by atoms with Crippen LogP contribution in [0.5, 0.6) is 11.5 Å². The van der Waals surface area contributed by atoms with Crippen LogP contribution < -0.4 is 15.8 Å². The molecule has 104 valence electrons. The van der Waals surface area contributed by atoms with Gasteiger partial charge in [0, 0.05) is 17.3 Å². The summed E-state index contributed by atoms with van der Waals surface area (Å²) in [6.45, 7) is 0. The van der Waals surface area contributed by atoms with Crippen molar-refractivity contribution in [1.82, 2.24) is 0 Å². The van der Waals surface area contributed by atoms with Crippen LogP contribution in [0.4, 0.5) is 15.8 Å². The summed E-state index contributed by atoms with van der Waals surface area (Å²) >= 11 is 0. The molecule has 0 heterocycles. The highest BCUT2D eigenvalue weighted by Crippen LogP contribution is 2.24. The maximum Gasteiger partial charge on any atom is 0.255 e. The Bertz CT molecular complexity index is 659. The standard InChI is InChI=1S/C14H13FN2O3/c1-20-13-7-9(3-4-10(13)15)17-14(19)8-2-5-11(16)12(18)6-8/h2-7,18H,16H2,1H3,(H,17,19). The monoisotopic (exact) mass is 276 g/mol. The van der Waals surface area contributed by atoms with E-state index in [4.69, 9.17) is 10.5 Å². The molecule has 0 spiro atoms. The van der Waals surface area contributed by atoms with E-state index in [2.05, 4.69) is 5.32 Å². The minimum Gasteiger partial charge on any atom is -0.506 e. The van der Waals surface area contributed by atoms with Gasteiger partial charge < -0.3 is 20.9 Å². The third-order valence-corrected chi connectivity index (χ3v) is 2.70. The van der Waals surface area contributed by atoms with E-state index >= 15 is 0 Å². The fraction of sp³-hybridized carbons (Fsp3) is 0.0714. The molecular weight excluding hydrogens is 263 g/mol. The van der Waals surface area contributed by atoms with E-state index in [9.17, 15) is 14.3 Å². The van der Waals surface area contributed by atoms with Gasteiger partial charge in [0.05, 0.1) is 12.8 Å². The molecule has 2 rings (SSSR count). The smallest absolute Gasteiger partial charge is 0.255 e. The summed E-state index contributed by atoms with van der Waals surface area (Å²) in [6.07, 6.45) is 0. The van der Waals surface area contributed by atoms with Gasteiger partial charge in [-0.3, -0.25) is 4.79 Å². The van der Waals surface area contributed by atoms with Crippen LogP contribution in [-0.2, 0) is 0 Å². The zero-order chi connectivity index (χ0) is 14.7. The summed E-state index contributed by atoms with van der Waals surface area (Å²) < 4.78 is 18.1. The van der Waals surface area contributed by atoms with Crippen molar-refractivity contribution in [3.05, 3.63) is 47.8 Å². The molecule has 0 fully saturated rings. The third-order valence-electron chi connectivity index (χ3n) is 2.70. The molecule has 4 N–H and O–H groups in total. The van der Waals surface area contributed by atoms with Gasteiger partial charge in [0.15, 0.2) is 11.6 Å². The zero-order valence-corrected chi connectivity index (χ0v) is 10.7. The molecule has 1 amide bonds. The van der Waals surface area contributed by atoms with E-state index in [1.54, 1.807) is 0 Å². The number of halogens is 1. The highest BCUT2D eigenvalue weighted by Gasteiger charge is 2.10. The first kappa shape index (κ1) is 13.7. The van der Waals surface area contributed by atoms with Gasteiger partial charge in [-0.05, 0) is 30.3 Å². The van der Waals surface area contributed by atoms with Gasteiger partial charge in [0.2, 0.25) is 0 Å². The van der Waals surface area contributed by atoms with Crippen molar-refractivity contribution in [2.75, 3.05) is 18.2 Å². The number of phenols is 1. The van der Waals surface area contributed by atoms with E-state index in [-0.39, 0.29) is 22.7 Å². The molecule has 0 aliphatic rings. The van der Waals surface area contributed by atoms with Gasteiger partial charge in [0.25, 0.3) is 5.91 Å². The summed E-state index contributed by atoms with van der Waals surface area (Å²) in [5.74, 6) is -1.11. The first-order valence-corrected chi connectivity index (χ1v) is 5.74. The predicted octanol–water partition coefficient (Wildman–Crippen LogP) is 2.37. The van der Waals surface area contributed by atoms with Crippen molar-refractivity contribution in [2.45, 2.75) is 0 Å². The summed E-state index contributed by atoms with van der Waals surface area (Å²) in [5, 5.41) is 12.0. The number of nitrogens with two attached hydrogens (primary N) is 1. The van der Waals surface area contributed by atoms with Gasteiger partial charge >= 0.3 is 0 Å². The number of hydrogen-bond donors (Lipinski definition) is 3. The Hall–Kier alpha value is -2.76. The largest absolute Gasteiger partial charge is 0.506 e. The minimum atomic E-state index is -0.518. The molecule has 2 aromatic carbocycles. The molecule has 6 heteroatoms. The van der Waals surface area contributed by atoms with E-state index in [0.29, 0.717) is 5.69 Å². The fourth-order valence-electron chi connectivity index (χ4n) is 1.63. The van der Waals surface area contributed by atoms with E-state index in [0.717, 1.165) is 0 Å². The van der Waals surface area contributed by atoms with Crippen LogP contribution in [0, 0.1) is 5.82 Å². The summed E-state index contributed by atoms with van der Waals surface area (Å²) in [5.41, 5.74) is 6.26. The second-order valence-electron chi connectivity index (χ2n) is 4.08. The predicted molar refractivity (Wildman–Crippen MR) is 73.4 cm³/mol. The average molecular weight is 276 g/mol. The second-order valence-corrected chi connectivity index (χ2v) is 4.08. The molecular formula is C14H13FN2O3. The third kappa shape index (κ3) is 2.80. The number of anilines is 2. The van der Waals surface area contributed by atoms with Crippen molar-refractivity contribution in [2.24, 2.45) is 0 Å². The fourth-order valence-corrected chi connectivity index (χ4v) is 1.63. The van der Waals surface area contributed by atoms with E-state index < -0.39 is 11.7 Å². The Labute approximate surface area is 114 Å². The molecule has 0 saturated carbocycles. The second kappa shape index (κ2) is 5.48. The van der Waals surface area contributed by atoms with Crippen LogP contribution in [0.1, 0.15) is 10.4 Å². The Morgan fingerprint density at radius 1 is 1.30 bits per heavy atom. The van der Waals surface area contributed by atoms with Crippen LogP contribution in [-0.4, -0.2) is 18.1 Å². The number of ether oxygens (including phenoxy) is 1. The summed E-state index contributed by atoms with van der Waals surface area (Å²) in [6, 6.07) is 8.12. The number of rotatable bonds is 3. The highest BCUT2D eigenvalue weighted by molar-refractivity contribution is 6.04. The number of nitrogens with one attached hydrogen (secondary N) is 1. The van der Waals surface area contributed by atoms with E-state index in [1.807, 2.05) is 0 Å². The zero-order valence-electron chi connectivity index (χ0n) is 10.7. The first-order valence-electron chi connectivity index (χ1n) is 5.74. The molecule has 0 saturated heterocycles. The maximum absolute atomic E-state index is 13.2. The van der Waals surface area contributed by atoms with Gasteiger partial charge in [-0.15, -0.1) is 0 Å². The Balaban J connectivity index is 2.21. The number of methoxy groups -OCH3 is 1. The lowest BCUT2D eigenvalue weighted by Gasteiger charge is -2.08. The van der Waals surface area contributed by atoms with Crippen molar-refractivity contribution in [1.29, 1.82) is 0 Å². The summed E-state index contributed by atoms with van der Waals surface area (Å²) in [7, 11) is 1.34. The first-order chi connectivity index (χ1) is 9.51. The van der Waals surface area contributed by atoms with Crippen molar-refractivity contribution < 1.29 is 19.0 Å². The lowest BCUT2D eigenvalue weighted by atomic mass is 10.1. The lowest BCUT2D eigenvalue weighted by Crippen LogP contribution is -2.12. The van der Waals surface area contributed by atoms with Crippen molar-refractivity contribution >= 4 is 17.3 Å². The Morgan fingerprint density at radius 3 is 2.70 bits per heavy atom. The van der Waals surface area contributed by atoms with Gasteiger partial charge in [-0.1, -0.05) is 0 Å².